The summed E-state index contributed by atoms with van der Waals surface area (Å²) in [6.07, 6.45) is -9.17. The molecule has 1 aliphatic heterocycles. The minimum Gasteiger partial charge on any atom is -0.365 e. The number of carbonyl (C=O) groups is 1. The zero-order valence-electron chi connectivity index (χ0n) is 13.7. The average molecular weight is 392 g/mol. The predicted molar refractivity (Wildman–Crippen MR) is 82.9 cm³/mol. The third kappa shape index (κ3) is 3.58. The molecule has 2 heterocycles. The van der Waals surface area contributed by atoms with Crippen molar-refractivity contribution >= 4 is 11.7 Å². The Balaban J connectivity index is 2.08. The summed E-state index contributed by atoms with van der Waals surface area (Å²) in [5.41, 5.74) is 1.87. The molecule has 1 aromatic heterocycles. The second-order valence-electron chi connectivity index (χ2n) is 6.06. The van der Waals surface area contributed by atoms with Crippen molar-refractivity contribution < 1.29 is 31.1 Å². The van der Waals surface area contributed by atoms with Gasteiger partial charge in [0.1, 0.15) is 11.4 Å². The monoisotopic (exact) mass is 392 g/mol. The SMILES string of the molecule is NC(=O)c1c(C(F)(F)F)nn2c1N(Cc1ccccc1C(F)(F)F)CCC2. The molecule has 1 aromatic carbocycles. The van der Waals surface area contributed by atoms with Crippen LogP contribution in [-0.4, -0.2) is 22.2 Å². The van der Waals surface area contributed by atoms with Gasteiger partial charge in [-0.2, -0.15) is 31.4 Å². The molecule has 3 rings (SSSR count). The van der Waals surface area contributed by atoms with E-state index < -0.39 is 35.1 Å². The lowest BCUT2D eigenvalue weighted by molar-refractivity contribution is -0.142. The highest BCUT2D eigenvalue weighted by Crippen LogP contribution is 2.39. The van der Waals surface area contributed by atoms with Crippen LogP contribution < -0.4 is 10.6 Å². The van der Waals surface area contributed by atoms with E-state index in [-0.39, 0.29) is 31.0 Å². The number of hydrogen-bond donors (Lipinski definition) is 1. The fourth-order valence-corrected chi connectivity index (χ4v) is 3.17. The highest BCUT2D eigenvalue weighted by Gasteiger charge is 2.43. The highest BCUT2D eigenvalue weighted by molar-refractivity contribution is 5.99. The molecule has 0 unspecified atom stereocenters. The molecule has 0 aliphatic carbocycles. The standard InChI is InChI=1S/C16H14F6N4O/c17-15(18,19)10-5-2-1-4-9(10)8-25-6-3-7-26-14(25)11(13(23)27)12(24-26)16(20,21)22/h1-2,4-5H,3,6-8H2,(H2,23,27). The molecule has 5 nitrogen and oxygen atoms in total. The summed E-state index contributed by atoms with van der Waals surface area (Å²) in [7, 11) is 0. The van der Waals surface area contributed by atoms with E-state index in [1.54, 1.807) is 0 Å². The molecular formula is C16H14F6N4O. The molecule has 27 heavy (non-hydrogen) atoms. The largest absolute Gasteiger partial charge is 0.436 e. The smallest absolute Gasteiger partial charge is 0.365 e. The maximum Gasteiger partial charge on any atom is 0.436 e. The number of aryl methyl sites for hydroxylation is 1. The number of amides is 1. The topological polar surface area (TPSA) is 64.2 Å². The molecule has 0 saturated carbocycles. The number of rotatable bonds is 3. The summed E-state index contributed by atoms with van der Waals surface area (Å²) < 4.78 is 80.3. The second kappa shape index (κ2) is 6.46. The lowest BCUT2D eigenvalue weighted by atomic mass is 10.1. The van der Waals surface area contributed by atoms with Crippen LogP contribution in [0.15, 0.2) is 24.3 Å². The molecule has 0 radical (unpaired) electrons. The minimum absolute atomic E-state index is 0.100. The van der Waals surface area contributed by atoms with E-state index in [0.29, 0.717) is 6.42 Å². The first kappa shape index (κ1) is 19.1. The fourth-order valence-electron chi connectivity index (χ4n) is 3.17. The van der Waals surface area contributed by atoms with E-state index in [2.05, 4.69) is 5.10 Å². The first-order chi connectivity index (χ1) is 12.5. The van der Waals surface area contributed by atoms with Gasteiger partial charge < -0.3 is 10.6 Å². The van der Waals surface area contributed by atoms with Gasteiger partial charge in [0.15, 0.2) is 5.69 Å². The first-order valence-electron chi connectivity index (χ1n) is 7.88. The van der Waals surface area contributed by atoms with E-state index in [1.807, 2.05) is 0 Å². The van der Waals surface area contributed by atoms with Gasteiger partial charge in [-0.15, -0.1) is 0 Å². The van der Waals surface area contributed by atoms with Crippen molar-refractivity contribution in [2.45, 2.75) is 31.9 Å². The number of primary amides is 1. The molecule has 146 valence electrons. The third-order valence-electron chi connectivity index (χ3n) is 4.22. The summed E-state index contributed by atoms with van der Waals surface area (Å²) in [4.78, 5) is 13.0. The van der Waals surface area contributed by atoms with Crippen molar-refractivity contribution in [1.29, 1.82) is 0 Å². The molecule has 0 saturated heterocycles. The van der Waals surface area contributed by atoms with Crippen molar-refractivity contribution in [1.82, 2.24) is 9.78 Å². The maximum atomic E-state index is 13.2. The number of fused-ring (bicyclic) bond motifs is 1. The van der Waals surface area contributed by atoms with Gasteiger partial charge in [-0.05, 0) is 18.1 Å². The van der Waals surface area contributed by atoms with Crippen LogP contribution in [0.4, 0.5) is 32.2 Å². The zero-order valence-corrected chi connectivity index (χ0v) is 13.7. The van der Waals surface area contributed by atoms with Gasteiger partial charge in [-0.25, -0.2) is 4.68 Å². The van der Waals surface area contributed by atoms with Crippen LogP contribution >= 0.6 is 0 Å². The number of alkyl halides is 6. The van der Waals surface area contributed by atoms with Crippen LogP contribution in [0.3, 0.4) is 0 Å². The number of carbonyl (C=O) groups excluding carboxylic acids is 1. The predicted octanol–water partition coefficient (Wildman–Crippen LogP) is 3.43. The number of nitrogens with zero attached hydrogens (tertiary/aromatic N) is 3. The average Bonchev–Trinajstić information content (AvgIpc) is 2.95. The van der Waals surface area contributed by atoms with E-state index in [4.69, 9.17) is 5.73 Å². The molecule has 1 amide bonds. The molecule has 0 fully saturated rings. The van der Waals surface area contributed by atoms with E-state index in [1.165, 1.54) is 23.1 Å². The number of aromatic nitrogens is 2. The van der Waals surface area contributed by atoms with Gasteiger partial charge in [0.25, 0.3) is 5.91 Å². The summed E-state index contributed by atoms with van der Waals surface area (Å²) in [6, 6.07) is 4.77. The van der Waals surface area contributed by atoms with Crippen LogP contribution in [0.5, 0.6) is 0 Å². The van der Waals surface area contributed by atoms with E-state index in [0.717, 1.165) is 10.7 Å². The van der Waals surface area contributed by atoms with Gasteiger partial charge in [-0.3, -0.25) is 4.79 Å². The van der Waals surface area contributed by atoms with E-state index in [9.17, 15) is 31.1 Å². The van der Waals surface area contributed by atoms with E-state index >= 15 is 0 Å². The van der Waals surface area contributed by atoms with Crippen LogP contribution in [0.2, 0.25) is 0 Å². The van der Waals surface area contributed by atoms with Crippen LogP contribution in [-0.2, 0) is 25.4 Å². The Kier molecular flexibility index (Phi) is 4.56. The van der Waals surface area contributed by atoms with Crippen molar-refractivity contribution in [2.75, 3.05) is 11.4 Å². The zero-order chi connectivity index (χ0) is 20.0. The highest BCUT2D eigenvalue weighted by atomic mass is 19.4. The number of anilines is 1. The second-order valence-corrected chi connectivity index (χ2v) is 6.06. The Bertz CT molecular complexity index is 871. The Morgan fingerprint density at radius 1 is 1.07 bits per heavy atom. The molecule has 0 bridgehead atoms. The van der Waals surface area contributed by atoms with Crippen molar-refractivity contribution in [3.05, 3.63) is 46.6 Å². The molecule has 2 aromatic rings. The number of benzene rings is 1. The quantitative estimate of drug-likeness (QED) is 0.814. The lowest BCUT2D eigenvalue weighted by Crippen LogP contribution is -2.34. The third-order valence-corrected chi connectivity index (χ3v) is 4.22. The number of hydrogen-bond acceptors (Lipinski definition) is 3. The summed E-state index contributed by atoms with van der Waals surface area (Å²) in [5, 5.41) is 3.43. The minimum atomic E-state index is -4.91. The molecule has 1 aliphatic rings. The molecule has 11 heteroatoms. The Hall–Kier alpha value is -2.72. The van der Waals surface area contributed by atoms with Gasteiger partial charge in [0.05, 0.1) is 5.56 Å². The maximum absolute atomic E-state index is 13.2. The Labute approximate surface area is 149 Å². The van der Waals surface area contributed by atoms with Gasteiger partial charge in [0.2, 0.25) is 0 Å². The number of halogens is 6. The molecule has 0 spiro atoms. The molecule has 0 atom stereocenters. The first-order valence-corrected chi connectivity index (χ1v) is 7.88. The van der Waals surface area contributed by atoms with Crippen molar-refractivity contribution in [3.8, 4) is 0 Å². The summed E-state index contributed by atoms with van der Waals surface area (Å²) >= 11 is 0. The van der Waals surface area contributed by atoms with Crippen LogP contribution in [0.25, 0.3) is 0 Å². The van der Waals surface area contributed by atoms with Gasteiger partial charge >= 0.3 is 12.4 Å². The fraction of sp³-hybridized carbons (Fsp3) is 0.375. The lowest BCUT2D eigenvalue weighted by Gasteiger charge is -2.31. The van der Waals surface area contributed by atoms with Gasteiger partial charge in [-0.1, -0.05) is 18.2 Å². The van der Waals surface area contributed by atoms with Gasteiger partial charge in [0, 0.05) is 19.6 Å². The molecule has 2 N–H and O–H groups in total. The molecular weight excluding hydrogens is 378 g/mol. The summed E-state index contributed by atoms with van der Waals surface area (Å²) in [5.74, 6) is -1.54. The summed E-state index contributed by atoms with van der Waals surface area (Å²) in [6.45, 7) is -0.0719. The number of nitrogens with two attached hydrogens (primary N) is 1. The Morgan fingerprint density at radius 3 is 2.33 bits per heavy atom. The Morgan fingerprint density at radius 2 is 1.74 bits per heavy atom. The van der Waals surface area contributed by atoms with Crippen molar-refractivity contribution in [3.63, 3.8) is 0 Å². The van der Waals surface area contributed by atoms with Crippen LogP contribution in [0, 0.1) is 0 Å². The normalized spacial score (nSPS) is 15.0. The van der Waals surface area contributed by atoms with Crippen molar-refractivity contribution in [2.24, 2.45) is 5.73 Å². The van der Waals surface area contributed by atoms with Crippen LogP contribution in [0.1, 0.15) is 33.6 Å².